The van der Waals surface area contributed by atoms with Gasteiger partial charge in [0.15, 0.2) is 11.4 Å². The number of nitrogens with zero attached hydrogens (tertiary/aromatic N) is 3. The number of methoxy groups -OCH3 is 1. The maximum atomic E-state index is 13.5. The molecule has 2 aromatic carbocycles. The van der Waals surface area contributed by atoms with Crippen LogP contribution in [-0.4, -0.2) is 32.6 Å². The molecular formula is C21H16ClFN4O3S2. The molecule has 164 valence electrons. The van der Waals surface area contributed by atoms with Gasteiger partial charge in [0, 0.05) is 23.3 Å². The fraction of sp³-hybridized carbons (Fsp3) is 0.0952. The van der Waals surface area contributed by atoms with E-state index in [0.29, 0.717) is 22.2 Å². The van der Waals surface area contributed by atoms with Crippen molar-refractivity contribution in [3.05, 3.63) is 87.2 Å². The fourth-order valence-electron chi connectivity index (χ4n) is 2.88. The molecule has 7 nitrogen and oxygen atoms in total. The third-order valence-corrected chi connectivity index (χ3v) is 6.59. The number of allylic oxidation sites excluding steroid dienone is 1. The molecule has 0 bridgehead atoms. The summed E-state index contributed by atoms with van der Waals surface area (Å²) in [5.41, 5.74) is 1.57. The highest BCUT2D eigenvalue weighted by molar-refractivity contribution is 7.88. The van der Waals surface area contributed by atoms with Gasteiger partial charge in [-0.15, -0.1) is 11.3 Å². The van der Waals surface area contributed by atoms with Crippen LogP contribution in [0.2, 0.25) is 5.02 Å². The maximum Gasteiger partial charge on any atom is 0.276 e. The summed E-state index contributed by atoms with van der Waals surface area (Å²) in [6.45, 7) is 0.161. The Kier molecular flexibility index (Phi) is 6.75. The predicted molar refractivity (Wildman–Crippen MR) is 123 cm³/mol. The number of hydrogen-bond acceptors (Lipinski definition) is 7. The van der Waals surface area contributed by atoms with Crippen LogP contribution in [0, 0.1) is 5.82 Å². The number of thiazole rings is 1. The fourth-order valence-corrected chi connectivity index (χ4v) is 4.69. The summed E-state index contributed by atoms with van der Waals surface area (Å²) in [4.78, 5) is 17.3. The van der Waals surface area contributed by atoms with Gasteiger partial charge in [-0.3, -0.25) is 4.79 Å². The second kappa shape index (κ2) is 9.70. The third-order valence-electron chi connectivity index (χ3n) is 4.45. The number of carbonyl (C=O) groups excluding carboxylic acids is 1. The molecule has 3 aromatic rings. The van der Waals surface area contributed by atoms with E-state index in [9.17, 15) is 13.7 Å². The van der Waals surface area contributed by atoms with Crippen molar-refractivity contribution in [3.63, 3.8) is 0 Å². The minimum atomic E-state index is -1.88. The van der Waals surface area contributed by atoms with Crippen LogP contribution < -0.4 is 10.1 Å². The van der Waals surface area contributed by atoms with Crippen molar-refractivity contribution in [3.8, 4) is 5.75 Å². The van der Waals surface area contributed by atoms with E-state index in [1.807, 2.05) is 12.1 Å². The summed E-state index contributed by atoms with van der Waals surface area (Å²) < 4.78 is 37.2. The summed E-state index contributed by atoms with van der Waals surface area (Å²) in [6, 6.07) is 11.0. The van der Waals surface area contributed by atoms with E-state index >= 15 is 0 Å². The van der Waals surface area contributed by atoms with Crippen LogP contribution in [0.4, 0.5) is 10.1 Å². The molecule has 1 aliphatic rings. The van der Waals surface area contributed by atoms with Gasteiger partial charge in [0.25, 0.3) is 5.91 Å². The van der Waals surface area contributed by atoms with Crippen LogP contribution in [0.25, 0.3) is 0 Å². The van der Waals surface area contributed by atoms with E-state index in [1.54, 1.807) is 30.8 Å². The van der Waals surface area contributed by atoms with E-state index in [0.717, 1.165) is 11.6 Å². The Labute approximate surface area is 195 Å². The SMILES string of the molecule is COc1ccc(CN2C(C(=O)Nc3ccc(F)c(Cl)c3)=CC(c3nccs3)=N[S+]2[O-])cc1. The van der Waals surface area contributed by atoms with Crippen molar-refractivity contribution in [2.75, 3.05) is 12.4 Å². The Morgan fingerprint density at radius 3 is 2.75 bits per heavy atom. The molecule has 2 heterocycles. The Bertz CT molecular complexity index is 1190. The van der Waals surface area contributed by atoms with Crippen molar-refractivity contribution in [2.45, 2.75) is 6.54 Å². The first-order chi connectivity index (χ1) is 15.4. The van der Waals surface area contributed by atoms with Crippen LogP contribution in [-0.2, 0) is 22.9 Å². The molecule has 1 atom stereocenters. The van der Waals surface area contributed by atoms with Gasteiger partial charge >= 0.3 is 0 Å². The van der Waals surface area contributed by atoms with E-state index in [1.165, 1.54) is 33.9 Å². The zero-order valence-electron chi connectivity index (χ0n) is 16.6. The summed E-state index contributed by atoms with van der Waals surface area (Å²) >= 11 is 5.26. The second-order valence-electron chi connectivity index (χ2n) is 6.54. The maximum absolute atomic E-state index is 13.5. The van der Waals surface area contributed by atoms with Gasteiger partial charge in [-0.1, -0.05) is 23.7 Å². The smallest absolute Gasteiger partial charge is 0.276 e. The van der Waals surface area contributed by atoms with E-state index in [2.05, 4.69) is 14.7 Å². The molecule has 4 rings (SSSR count). The van der Waals surface area contributed by atoms with Gasteiger partial charge in [0.05, 0.1) is 18.7 Å². The Morgan fingerprint density at radius 1 is 1.31 bits per heavy atom. The Hall–Kier alpha value is -2.92. The monoisotopic (exact) mass is 490 g/mol. The normalized spacial score (nSPS) is 15.8. The number of halogens is 2. The number of anilines is 1. The number of ether oxygens (including phenoxy) is 1. The predicted octanol–water partition coefficient (Wildman–Crippen LogP) is 4.35. The highest BCUT2D eigenvalue weighted by Gasteiger charge is 2.34. The number of rotatable bonds is 6. The minimum absolute atomic E-state index is 0.121. The largest absolute Gasteiger partial charge is 0.566 e. The average Bonchev–Trinajstić information content (AvgIpc) is 3.33. The van der Waals surface area contributed by atoms with Crippen molar-refractivity contribution < 1.29 is 18.5 Å². The lowest BCUT2D eigenvalue weighted by molar-refractivity contribution is -0.113. The molecule has 1 N–H and O–H groups in total. The molecule has 0 fully saturated rings. The van der Waals surface area contributed by atoms with Gasteiger partial charge in [-0.05, 0) is 40.3 Å². The zero-order chi connectivity index (χ0) is 22.7. The highest BCUT2D eigenvalue weighted by atomic mass is 35.5. The first-order valence-corrected chi connectivity index (χ1v) is 11.6. The van der Waals surface area contributed by atoms with E-state index in [-0.39, 0.29) is 17.3 Å². The van der Waals surface area contributed by atoms with Crippen molar-refractivity contribution in [2.24, 2.45) is 4.40 Å². The number of carbonyl (C=O) groups is 1. The van der Waals surface area contributed by atoms with Crippen LogP contribution in [0.15, 0.2) is 70.2 Å². The van der Waals surface area contributed by atoms with Gasteiger partial charge in [-0.2, -0.15) is 4.31 Å². The van der Waals surface area contributed by atoms with Crippen LogP contribution in [0.3, 0.4) is 0 Å². The van der Waals surface area contributed by atoms with Crippen LogP contribution >= 0.6 is 22.9 Å². The molecule has 1 aromatic heterocycles. The number of amides is 1. The molecule has 0 saturated heterocycles. The van der Waals surface area contributed by atoms with Gasteiger partial charge < -0.3 is 14.6 Å². The minimum Gasteiger partial charge on any atom is -0.566 e. The molecule has 1 aliphatic heterocycles. The number of nitrogens with one attached hydrogen (secondary N) is 1. The molecule has 0 spiro atoms. The van der Waals surface area contributed by atoms with Crippen molar-refractivity contribution in [1.29, 1.82) is 0 Å². The zero-order valence-corrected chi connectivity index (χ0v) is 19.0. The standard InChI is InChI=1S/C21H16ClFN4O3S2/c1-30-15-5-2-13(3-6-15)12-27-19(11-18(26-32(27)29)21-24-8-9-31-21)20(28)25-14-4-7-17(23)16(22)10-14/h2-11H,12H2,1H3,(H,25,28). The van der Waals surface area contributed by atoms with Gasteiger partial charge in [-0.25, -0.2) is 9.37 Å². The third kappa shape index (κ3) is 4.94. The number of benzene rings is 2. The Morgan fingerprint density at radius 2 is 2.09 bits per heavy atom. The van der Waals surface area contributed by atoms with Crippen LogP contribution in [0.1, 0.15) is 10.6 Å². The summed E-state index contributed by atoms with van der Waals surface area (Å²) in [5, 5.41) is 4.85. The lowest BCUT2D eigenvalue weighted by atomic mass is 10.2. The molecule has 1 amide bonds. The second-order valence-corrected chi connectivity index (χ2v) is 8.93. The van der Waals surface area contributed by atoms with E-state index in [4.69, 9.17) is 16.3 Å². The van der Waals surface area contributed by atoms with Gasteiger partial charge in [0.1, 0.15) is 16.6 Å². The average molecular weight is 491 g/mol. The number of aromatic nitrogens is 1. The van der Waals surface area contributed by atoms with Crippen molar-refractivity contribution in [1.82, 2.24) is 9.29 Å². The summed E-state index contributed by atoms with van der Waals surface area (Å²) in [5.74, 6) is -0.459. The molecule has 0 aliphatic carbocycles. The first kappa shape index (κ1) is 22.3. The molecule has 11 heteroatoms. The van der Waals surface area contributed by atoms with Crippen LogP contribution in [0.5, 0.6) is 5.75 Å². The van der Waals surface area contributed by atoms with Crippen molar-refractivity contribution >= 4 is 51.8 Å². The first-order valence-electron chi connectivity index (χ1n) is 9.23. The molecule has 0 saturated carbocycles. The molecular weight excluding hydrogens is 475 g/mol. The van der Waals surface area contributed by atoms with E-state index < -0.39 is 23.3 Å². The highest BCUT2D eigenvalue weighted by Crippen LogP contribution is 2.27. The summed E-state index contributed by atoms with van der Waals surface area (Å²) in [6.07, 6.45) is 3.13. The summed E-state index contributed by atoms with van der Waals surface area (Å²) in [7, 11) is 1.57. The topological polar surface area (TPSA) is 89.9 Å². The quantitative estimate of drug-likeness (QED) is 0.519. The molecule has 1 unspecified atom stereocenters. The number of hydrogen-bond donors (Lipinski definition) is 1. The van der Waals surface area contributed by atoms with Gasteiger partial charge in [0.2, 0.25) is 11.5 Å². The Balaban J connectivity index is 1.65. The molecule has 0 radical (unpaired) electrons. The molecule has 32 heavy (non-hydrogen) atoms. The lowest BCUT2D eigenvalue weighted by Crippen LogP contribution is -2.38. The lowest BCUT2D eigenvalue weighted by Gasteiger charge is -2.26.